The van der Waals surface area contributed by atoms with Crippen LogP contribution in [0.4, 0.5) is 10.5 Å². The Morgan fingerprint density at radius 1 is 1.36 bits per heavy atom. The molecule has 1 amide bonds. The summed E-state index contributed by atoms with van der Waals surface area (Å²) in [6, 6.07) is 3.87. The first-order chi connectivity index (χ1) is 6.56. The van der Waals surface area contributed by atoms with E-state index in [0.29, 0.717) is 5.69 Å². The third-order valence-electron chi connectivity index (χ3n) is 1.82. The van der Waals surface area contributed by atoms with E-state index in [0.717, 1.165) is 4.90 Å². The number of phenolic OH excluding ortho intramolecular Hbond substituents is 2. The van der Waals surface area contributed by atoms with Crippen LogP contribution in [0.1, 0.15) is 6.92 Å². The summed E-state index contributed by atoms with van der Waals surface area (Å²) in [6.45, 7) is 1.96. The molecular weight excluding hydrogens is 186 g/mol. The van der Waals surface area contributed by atoms with Gasteiger partial charge in [0.05, 0.1) is 5.69 Å². The molecule has 14 heavy (non-hydrogen) atoms. The SMILES string of the molecule is CCN(C(=O)O)c1ccc(O)c(O)c1. The number of nitrogens with zero attached hydrogens (tertiary/aromatic N) is 1. The highest BCUT2D eigenvalue weighted by molar-refractivity contribution is 5.86. The summed E-state index contributed by atoms with van der Waals surface area (Å²) in [6.07, 6.45) is -1.10. The fourth-order valence-electron chi connectivity index (χ4n) is 1.11. The van der Waals surface area contributed by atoms with Crippen molar-refractivity contribution in [3.63, 3.8) is 0 Å². The second kappa shape index (κ2) is 3.87. The van der Waals surface area contributed by atoms with Crippen molar-refractivity contribution in [2.24, 2.45) is 0 Å². The van der Waals surface area contributed by atoms with Crippen molar-refractivity contribution in [2.75, 3.05) is 11.4 Å². The molecule has 0 saturated heterocycles. The number of aromatic hydroxyl groups is 2. The summed E-state index contributed by atoms with van der Waals surface area (Å²) in [4.78, 5) is 11.8. The van der Waals surface area contributed by atoms with Crippen molar-refractivity contribution >= 4 is 11.8 Å². The molecule has 1 aromatic carbocycles. The average molecular weight is 197 g/mol. The number of carboxylic acid groups (broad SMARTS) is 1. The molecule has 0 aromatic heterocycles. The molecule has 0 unspecified atom stereocenters. The van der Waals surface area contributed by atoms with Crippen LogP contribution >= 0.6 is 0 Å². The minimum absolute atomic E-state index is 0.268. The predicted octanol–water partition coefficient (Wildman–Crippen LogP) is 1.60. The highest BCUT2D eigenvalue weighted by Crippen LogP contribution is 2.29. The van der Waals surface area contributed by atoms with Gasteiger partial charge < -0.3 is 15.3 Å². The number of phenols is 2. The number of benzene rings is 1. The van der Waals surface area contributed by atoms with Gasteiger partial charge in [0.15, 0.2) is 11.5 Å². The van der Waals surface area contributed by atoms with Gasteiger partial charge in [0, 0.05) is 12.6 Å². The van der Waals surface area contributed by atoms with Gasteiger partial charge in [-0.3, -0.25) is 4.90 Å². The Labute approximate surface area is 80.8 Å². The zero-order valence-electron chi connectivity index (χ0n) is 7.64. The molecule has 1 rings (SSSR count). The number of carbonyl (C=O) groups is 1. The number of anilines is 1. The summed E-state index contributed by atoms with van der Waals surface area (Å²) >= 11 is 0. The minimum Gasteiger partial charge on any atom is -0.504 e. The monoisotopic (exact) mass is 197 g/mol. The molecular formula is C9H11NO4. The van der Waals surface area contributed by atoms with Gasteiger partial charge in [-0.2, -0.15) is 0 Å². The van der Waals surface area contributed by atoms with Gasteiger partial charge in [-0.15, -0.1) is 0 Å². The Kier molecular flexibility index (Phi) is 2.81. The zero-order valence-corrected chi connectivity index (χ0v) is 7.64. The molecule has 1 aromatic rings. The van der Waals surface area contributed by atoms with Gasteiger partial charge in [0.1, 0.15) is 0 Å². The van der Waals surface area contributed by atoms with Crippen molar-refractivity contribution in [1.29, 1.82) is 0 Å². The van der Waals surface area contributed by atoms with Gasteiger partial charge in [-0.1, -0.05) is 0 Å². The lowest BCUT2D eigenvalue weighted by Crippen LogP contribution is -2.28. The van der Waals surface area contributed by atoms with Gasteiger partial charge in [-0.25, -0.2) is 4.79 Å². The van der Waals surface area contributed by atoms with E-state index in [-0.39, 0.29) is 18.0 Å². The second-order valence-electron chi connectivity index (χ2n) is 2.70. The van der Waals surface area contributed by atoms with Crippen LogP contribution in [0.15, 0.2) is 18.2 Å². The maximum absolute atomic E-state index is 10.7. The molecule has 3 N–H and O–H groups in total. The van der Waals surface area contributed by atoms with Crippen molar-refractivity contribution in [1.82, 2.24) is 0 Å². The summed E-state index contributed by atoms with van der Waals surface area (Å²) in [7, 11) is 0. The Morgan fingerprint density at radius 3 is 2.43 bits per heavy atom. The van der Waals surface area contributed by atoms with Crippen LogP contribution in [0.3, 0.4) is 0 Å². The molecule has 0 spiro atoms. The highest BCUT2D eigenvalue weighted by Gasteiger charge is 2.13. The lowest BCUT2D eigenvalue weighted by Gasteiger charge is -2.17. The fourth-order valence-corrected chi connectivity index (χ4v) is 1.11. The van der Waals surface area contributed by atoms with Crippen molar-refractivity contribution < 1.29 is 20.1 Å². The Bertz CT molecular complexity index is 351. The van der Waals surface area contributed by atoms with Crippen LogP contribution in [-0.2, 0) is 0 Å². The lowest BCUT2D eigenvalue weighted by atomic mass is 10.2. The van der Waals surface area contributed by atoms with Crippen molar-refractivity contribution in [3.05, 3.63) is 18.2 Å². The predicted molar refractivity (Wildman–Crippen MR) is 50.8 cm³/mol. The molecule has 0 heterocycles. The third-order valence-corrected chi connectivity index (χ3v) is 1.82. The van der Waals surface area contributed by atoms with Crippen LogP contribution in [0.25, 0.3) is 0 Å². The molecule has 0 aliphatic carbocycles. The molecule has 76 valence electrons. The maximum Gasteiger partial charge on any atom is 0.411 e. The third kappa shape index (κ3) is 1.87. The lowest BCUT2D eigenvalue weighted by molar-refractivity contribution is 0.202. The summed E-state index contributed by atoms with van der Waals surface area (Å²) < 4.78 is 0. The first-order valence-electron chi connectivity index (χ1n) is 4.08. The maximum atomic E-state index is 10.7. The van der Waals surface area contributed by atoms with Crippen LogP contribution < -0.4 is 4.90 Å². The Hall–Kier alpha value is -1.91. The normalized spacial score (nSPS) is 9.79. The number of hydrogen-bond donors (Lipinski definition) is 3. The molecule has 0 aliphatic heterocycles. The summed E-state index contributed by atoms with van der Waals surface area (Å²) in [5, 5.41) is 26.9. The smallest absolute Gasteiger partial charge is 0.411 e. The van der Waals surface area contributed by atoms with E-state index < -0.39 is 6.09 Å². The molecule has 0 aliphatic rings. The zero-order chi connectivity index (χ0) is 10.7. The number of hydrogen-bond acceptors (Lipinski definition) is 3. The van der Waals surface area contributed by atoms with Crippen LogP contribution in [0.5, 0.6) is 11.5 Å². The van der Waals surface area contributed by atoms with Crippen LogP contribution in [0, 0.1) is 0 Å². The molecule has 5 nitrogen and oxygen atoms in total. The first kappa shape index (κ1) is 10.2. The van der Waals surface area contributed by atoms with E-state index in [1.807, 2.05) is 0 Å². The molecule has 0 saturated carbocycles. The summed E-state index contributed by atoms with van der Waals surface area (Å²) in [5.74, 6) is -0.600. The molecule has 0 fully saturated rings. The second-order valence-corrected chi connectivity index (χ2v) is 2.70. The van der Waals surface area contributed by atoms with E-state index in [4.69, 9.17) is 15.3 Å². The van der Waals surface area contributed by atoms with Gasteiger partial charge in [0.25, 0.3) is 0 Å². The Balaban J connectivity index is 3.06. The van der Waals surface area contributed by atoms with Crippen molar-refractivity contribution in [2.45, 2.75) is 6.92 Å². The van der Waals surface area contributed by atoms with E-state index in [9.17, 15) is 4.79 Å². The Morgan fingerprint density at radius 2 is 2.00 bits per heavy atom. The largest absolute Gasteiger partial charge is 0.504 e. The van der Waals surface area contributed by atoms with Gasteiger partial charge >= 0.3 is 6.09 Å². The van der Waals surface area contributed by atoms with E-state index in [1.54, 1.807) is 6.92 Å². The van der Waals surface area contributed by atoms with E-state index in [2.05, 4.69) is 0 Å². The fraction of sp³-hybridized carbons (Fsp3) is 0.222. The summed E-state index contributed by atoms with van der Waals surface area (Å²) in [5.41, 5.74) is 0.329. The van der Waals surface area contributed by atoms with Crippen molar-refractivity contribution in [3.8, 4) is 11.5 Å². The first-order valence-corrected chi connectivity index (χ1v) is 4.08. The molecule has 0 radical (unpaired) electrons. The number of rotatable bonds is 2. The van der Waals surface area contributed by atoms with E-state index in [1.165, 1.54) is 18.2 Å². The molecule has 0 bridgehead atoms. The van der Waals surface area contributed by atoms with Gasteiger partial charge in [0.2, 0.25) is 0 Å². The minimum atomic E-state index is -1.10. The standard InChI is InChI=1S/C9H11NO4/c1-2-10(9(13)14)6-3-4-7(11)8(12)5-6/h3-5,11-12H,2H2,1H3,(H,13,14). The van der Waals surface area contributed by atoms with Crippen LogP contribution in [-0.4, -0.2) is 28.0 Å². The van der Waals surface area contributed by atoms with Crippen LogP contribution in [0.2, 0.25) is 0 Å². The van der Waals surface area contributed by atoms with Gasteiger partial charge in [-0.05, 0) is 19.1 Å². The average Bonchev–Trinajstić information content (AvgIpc) is 2.11. The molecule has 0 atom stereocenters. The highest BCUT2D eigenvalue weighted by atomic mass is 16.4. The topological polar surface area (TPSA) is 81.0 Å². The quantitative estimate of drug-likeness (QED) is 0.629. The van der Waals surface area contributed by atoms with E-state index >= 15 is 0 Å². The number of amides is 1. The molecule has 5 heteroatoms.